The van der Waals surface area contributed by atoms with Gasteiger partial charge >= 0.3 is 6.03 Å². The lowest BCUT2D eigenvalue weighted by atomic mass is 10.2. The van der Waals surface area contributed by atoms with Crippen LogP contribution in [0.15, 0.2) is 0 Å². The van der Waals surface area contributed by atoms with E-state index in [-0.39, 0.29) is 12.1 Å². The molecule has 0 bridgehead atoms. The number of hydrogen-bond acceptors (Lipinski definition) is 5. The largest absolute Gasteiger partial charge is 0.374 e. The molecular weight excluding hydrogens is 260 g/mol. The van der Waals surface area contributed by atoms with E-state index in [0.29, 0.717) is 38.6 Å². The highest BCUT2D eigenvalue weighted by Gasteiger charge is 2.36. The predicted molar refractivity (Wildman–Crippen MR) is 69.9 cm³/mol. The lowest BCUT2D eigenvalue weighted by Gasteiger charge is -2.33. The van der Waals surface area contributed by atoms with E-state index in [1.54, 1.807) is 11.7 Å². The van der Waals surface area contributed by atoms with Crippen LogP contribution in [0.4, 0.5) is 4.79 Å². The quantitative estimate of drug-likeness (QED) is 0.809. The van der Waals surface area contributed by atoms with E-state index in [9.17, 15) is 4.79 Å². The van der Waals surface area contributed by atoms with Crippen molar-refractivity contribution in [3.8, 4) is 0 Å². The zero-order valence-electron chi connectivity index (χ0n) is 11.7. The number of rotatable bonds is 4. The van der Waals surface area contributed by atoms with Crippen LogP contribution in [0.2, 0.25) is 0 Å². The maximum atomic E-state index is 12.1. The van der Waals surface area contributed by atoms with E-state index in [1.165, 1.54) is 12.8 Å². The fraction of sp³-hybridized carbons (Fsp3) is 0.833. The van der Waals surface area contributed by atoms with Crippen molar-refractivity contribution in [3.63, 3.8) is 0 Å². The van der Waals surface area contributed by atoms with Gasteiger partial charge in [-0.1, -0.05) is 0 Å². The second-order valence-electron chi connectivity index (χ2n) is 5.39. The Bertz CT molecular complexity index is 472. The van der Waals surface area contributed by atoms with Gasteiger partial charge in [0.2, 0.25) is 0 Å². The molecule has 1 saturated heterocycles. The summed E-state index contributed by atoms with van der Waals surface area (Å²) in [6.45, 7) is 2.56. The maximum absolute atomic E-state index is 12.1. The normalized spacial score (nSPS) is 22.9. The molecule has 0 radical (unpaired) electrons. The number of hydrogen-bond donors (Lipinski definition) is 1. The van der Waals surface area contributed by atoms with Crippen LogP contribution in [0.3, 0.4) is 0 Å². The molecule has 8 heteroatoms. The Kier molecular flexibility index (Phi) is 3.81. The standard InChI is InChI=1S/C12H20N6O2/c1-17-11(14-15-16-17)4-5-13-12(19)18-6-7-20-10(8-18)9-2-3-9/h9-10H,2-8H2,1H3,(H,13,19). The monoisotopic (exact) mass is 280 g/mol. The molecule has 1 aromatic heterocycles. The van der Waals surface area contributed by atoms with Gasteiger partial charge < -0.3 is 15.0 Å². The number of urea groups is 1. The molecule has 1 unspecified atom stereocenters. The molecule has 1 aliphatic heterocycles. The highest BCUT2D eigenvalue weighted by atomic mass is 16.5. The average Bonchev–Trinajstić information content (AvgIpc) is 3.24. The topological polar surface area (TPSA) is 85.2 Å². The number of aromatic nitrogens is 4. The summed E-state index contributed by atoms with van der Waals surface area (Å²) in [6.07, 6.45) is 3.34. The third-order valence-corrected chi connectivity index (χ3v) is 3.86. The molecule has 8 nitrogen and oxygen atoms in total. The van der Waals surface area contributed by atoms with Crippen LogP contribution >= 0.6 is 0 Å². The number of morpholine rings is 1. The fourth-order valence-electron chi connectivity index (χ4n) is 2.47. The fourth-order valence-corrected chi connectivity index (χ4v) is 2.47. The molecular formula is C12H20N6O2. The molecule has 20 heavy (non-hydrogen) atoms. The molecule has 1 atom stereocenters. The molecule has 0 aromatic carbocycles. The van der Waals surface area contributed by atoms with Crippen LogP contribution < -0.4 is 5.32 Å². The first-order valence-electron chi connectivity index (χ1n) is 7.09. The molecule has 0 spiro atoms. The van der Waals surface area contributed by atoms with Crippen LogP contribution in [0.5, 0.6) is 0 Å². The number of carbonyl (C=O) groups is 1. The van der Waals surface area contributed by atoms with Crippen LogP contribution in [-0.2, 0) is 18.2 Å². The number of ether oxygens (including phenoxy) is 1. The van der Waals surface area contributed by atoms with Gasteiger partial charge in [-0.25, -0.2) is 9.48 Å². The zero-order valence-corrected chi connectivity index (χ0v) is 11.7. The second kappa shape index (κ2) is 5.74. The highest BCUT2D eigenvalue weighted by molar-refractivity contribution is 5.74. The summed E-state index contributed by atoms with van der Waals surface area (Å²) in [4.78, 5) is 13.9. The van der Waals surface area contributed by atoms with Crippen molar-refractivity contribution in [2.45, 2.75) is 25.4 Å². The number of nitrogens with one attached hydrogen (secondary N) is 1. The number of aryl methyl sites for hydroxylation is 1. The van der Waals surface area contributed by atoms with Crippen molar-refractivity contribution in [1.82, 2.24) is 30.4 Å². The molecule has 1 aliphatic carbocycles. The molecule has 2 fully saturated rings. The van der Waals surface area contributed by atoms with Crippen LogP contribution in [0.1, 0.15) is 18.7 Å². The van der Waals surface area contributed by atoms with E-state index >= 15 is 0 Å². The Hall–Kier alpha value is -1.70. The molecule has 3 rings (SSSR count). The molecule has 1 N–H and O–H groups in total. The van der Waals surface area contributed by atoms with Crippen LogP contribution in [-0.4, -0.2) is 63.5 Å². The second-order valence-corrected chi connectivity index (χ2v) is 5.39. The Morgan fingerprint density at radius 1 is 1.50 bits per heavy atom. The van der Waals surface area contributed by atoms with Gasteiger partial charge in [0, 0.05) is 33.1 Å². The van der Waals surface area contributed by atoms with Gasteiger partial charge in [-0.15, -0.1) is 5.10 Å². The van der Waals surface area contributed by atoms with Gasteiger partial charge in [0.05, 0.1) is 12.7 Å². The Balaban J connectivity index is 1.43. The molecule has 2 heterocycles. The third-order valence-electron chi connectivity index (χ3n) is 3.86. The summed E-state index contributed by atoms with van der Waals surface area (Å²) in [5.74, 6) is 1.43. The Morgan fingerprint density at radius 3 is 3.05 bits per heavy atom. The van der Waals surface area contributed by atoms with E-state index in [4.69, 9.17) is 4.74 Å². The van der Waals surface area contributed by atoms with Crippen molar-refractivity contribution in [1.29, 1.82) is 0 Å². The average molecular weight is 280 g/mol. The van der Waals surface area contributed by atoms with Crippen LogP contribution in [0, 0.1) is 5.92 Å². The van der Waals surface area contributed by atoms with Crippen molar-refractivity contribution >= 4 is 6.03 Å². The summed E-state index contributed by atoms with van der Waals surface area (Å²) in [6, 6.07) is -0.0194. The minimum absolute atomic E-state index is 0.0194. The predicted octanol–water partition coefficient (Wildman–Crippen LogP) is -0.427. The number of amides is 2. The van der Waals surface area contributed by atoms with Crippen LogP contribution in [0.25, 0.3) is 0 Å². The summed E-state index contributed by atoms with van der Waals surface area (Å²) < 4.78 is 7.32. The highest BCUT2D eigenvalue weighted by Crippen LogP contribution is 2.35. The van der Waals surface area contributed by atoms with Crippen molar-refractivity contribution in [2.75, 3.05) is 26.2 Å². The van der Waals surface area contributed by atoms with Crippen molar-refractivity contribution < 1.29 is 9.53 Å². The summed E-state index contributed by atoms with van der Waals surface area (Å²) in [7, 11) is 1.79. The lowest BCUT2D eigenvalue weighted by Crippen LogP contribution is -2.50. The van der Waals surface area contributed by atoms with E-state index in [0.717, 1.165) is 5.82 Å². The molecule has 110 valence electrons. The SMILES string of the molecule is Cn1nnnc1CCNC(=O)N1CCOC(C2CC2)C1. The molecule has 1 saturated carbocycles. The number of tetrazole rings is 1. The molecule has 1 aromatic rings. The van der Waals surface area contributed by atoms with E-state index < -0.39 is 0 Å². The first-order chi connectivity index (χ1) is 9.74. The van der Waals surface area contributed by atoms with E-state index in [1.807, 2.05) is 4.90 Å². The molecule has 2 aliphatic rings. The number of nitrogens with zero attached hydrogens (tertiary/aromatic N) is 5. The Labute approximate surface area is 117 Å². The number of carbonyl (C=O) groups excluding carboxylic acids is 1. The van der Waals surface area contributed by atoms with Gasteiger partial charge in [0.15, 0.2) is 5.82 Å². The van der Waals surface area contributed by atoms with Gasteiger partial charge in [-0.2, -0.15) is 0 Å². The van der Waals surface area contributed by atoms with Crippen molar-refractivity contribution in [3.05, 3.63) is 5.82 Å². The summed E-state index contributed by atoms with van der Waals surface area (Å²) in [5, 5.41) is 14.1. The van der Waals surface area contributed by atoms with Gasteiger partial charge in [-0.05, 0) is 29.2 Å². The minimum Gasteiger partial charge on any atom is -0.374 e. The lowest BCUT2D eigenvalue weighted by molar-refractivity contribution is -0.0252. The zero-order chi connectivity index (χ0) is 13.9. The third kappa shape index (κ3) is 3.06. The molecule has 2 amide bonds. The maximum Gasteiger partial charge on any atom is 0.317 e. The smallest absolute Gasteiger partial charge is 0.317 e. The first-order valence-corrected chi connectivity index (χ1v) is 7.09. The van der Waals surface area contributed by atoms with Gasteiger partial charge in [0.25, 0.3) is 0 Å². The minimum atomic E-state index is -0.0194. The Morgan fingerprint density at radius 2 is 2.35 bits per heavy atom. The summed E-state index contributed by atoms with van der Waals surface area (Å²) in [5.41, 5.74) is 0. The van der Waals surface area contributed by atoms with E-state index in [2.05, 4.69) is 20.8 Å². The van der Waals surface area contributed by atoms with Gasteiger partial charge in [-0.3, -0.25) is 0 Å². The van der Waals surface area contributed by atoms with Crippen molar-refractivity contribution in [2.24, 2.45) is 13.0 Å². The van der Waals surface area contributed by atoms with Gasteiger partial charge in [0.1, 0.15) is 0 Å². The summed E-state index contributed by atoms with van der Waals surface area (Å²) >= 11 is 0. The first kappa shape index (κ1) is 13.3.